The first-order chi connectivity index (χ1) is 12.6. The average molecular weight is 352 g/mol. The molecular weight excluding hydrogens is 336 g/mol. The normalized spacial score (nSPS) is 18.5. The molecule has 26 heavy (non-hydrogen) atoms. The van der Waals surface area contributed by atoms with E-state index < -0.39 is 4.92 Å². The number of non-ortho nitro benzene ring substituents is 1. The summed E-state index contributed by atoms with van der Waals surface area (Å²) in [6.07, 6.45) is 0.751. The highest BCUT2D eigenvalue weighted by Crippen LogP contribution is 2.48. The monoisotopic (exact) mass is 352 g/mol. The van der Waals surface area contributed by atoms with E-state index in [1.807, 2.05) is 24.3 Å². The van der Waals surface area contributed by atoms with Crippen LogP contribution in [0.4, 0.5) is 11.5 Å². The number of fused-ring (bicyclic) bond motifs is 1. The number of nitro benzene ring substituents is 1. The molecule has 1 saturated carbocycles. The van der Waals surface area contributed by atoms with Crippen molar-refractivity contribution in [3.05, 3.63) is 58.1 Å². The Morgan fingerprint density at radius 3 is 2.96 bits per heavy atom. The minimum Gasteiger partial charge on any atom is -0.497 e. The van der Waals surface area contributed by atoms with E-state index in [0.29, 0.717) is 16.7 Å². The van der Waals surface area contributed by atoms with Crippen LogP contribution in [0.3, 0.4) is 0 Å². The summed E-state index contributed by atoms with van der Waals surface area (Å²) in [7, 11) is 1.61. The molecule has 4 rings (SSSR count). The van der Waals surface area contributed by atoms with Crippen LogP contribution < -0.4 is 10.1 Å². The second-order valence-electron chi connectivity index (χ2n) is 6.27. The van der Waals surface area contributed by atoms with Crippen molar-refractivity contribution in [2.75, 3.05) is 12.4 Å². The molecule has 2 N–H and O–H groups in total. The van der Waals surface area contributed by atoms with E-state index in [1.54, 1.807) is 13.2 Å². The number of methoxy groups -OCH3 is 1. The predicted molar refractivity (Wildman–Crippen MR) is 95.2 cm³/mol. The number of nitrogens with zero attached hydrogens (tertiary/aromatic N) is 2. The standard InChI is InChI=1S/C18H16N4O4/c1-26-12-4-2-3-10(7-12)13-9-14(13)18(23)19-17-15-8-11(22(24)25)5-6-16(15)20-21-17/h2-8,13-14H,9H2,1H3,(H2,19,20,21,23)/t13-,14+/m1/s1. The maximum absolute atomic E-state index is 12.5. The Labute approximate surface area is 148 Å². The number of H-pyrrole nitrogens is 1. The Balaban J connectivity index is 1.51. The number of ether oxygens (including phenoxy) is 1. The van der Waals surface area contributed by atoms with Gasteiger partial charge in [0.15, 0.2) is 5.82 Å². The molecule has 1 aliphatic rings. The molecule has 1 heterocycles. The van der Waals surface area contributed by atoms with E-state index in [-0.39, 0.29) is 23.4 Å². The third kappa shape index (κ3) is 2.85. The van der Waals surface area contributed by atoms with Gasteiger partial charge < -0.3 is 10.1 Å². The zero-order valence-corrected chi connectivity index (χ0v) is 13.9. The fraction of sp³-hybridized carbons (Fsp3) is 0.222. The fourth-order valence-corrected chi connectivity index (χ4v) is 3.15. The highest BCUT2D eigenvalue weighted by Gasteiger charge is 2.44. The first-order valence-electron chi connectivity index (χ1n) is 8.14. The number of anilines is 1. The summed E-state index contributed by atoms with van der Waals surface area (Å²) >= 11 is 0. The lowest BCUT2D eigenvalue weighted by Gasteiger charge is -2.05. The minimum atomic E-state index is -0.474. The van der Waals surface area contributed by atoms with Crippen LogP contribution >= 0.6 is 0 Å². The zero-order chi connectivity index (χ0) is 18.3. The maximum Gasteiger partial charge on any atom is 0.270 e. The molecule has 1 amide bonds. The SMILES string of the molecule is COc1cccc([C@H]2C[C@@H]2C(=O)Nc2n[nH]c3ccc([N+](=O)[O-])cc23)c1. The van der Waals surface area contributed by atoms with Crippen molar-refractivity contribution < 1.29 is 14.5 Å². The quantitative estimate of drug-likeness (QED) is 0.541. The Morgan fingerprint density at radius 2 is 2.19 bits per heavy atom. The van der Waals surface area contributed by atoms with Crippen molar-refractivity contribution in [3.63, 3.8) is 0 Å². The predicted octanol–water partition coefficient (Wildman–Crippen LogP) is 3.22. The largest absolute Gasteiger partial charge is 0.497 e. The number of rotatable bonds is 5. The number of carbonyl (C=O) groups is 1. The number of aromatic nitrogens is 2. The van der Waals surface area contributed by atoms with Gasteiger partial charge >= 0.3 is 0 Å². The molecule has 1 fully saturated rings. The third-order valence-corrected chi connectivity index (χ3v) is 4.65. The first-order valence-corrected chi connectivity index (χ1v) is 8.14. The summed E-state index contributed by atoms with van der Waals surface area (Å²) in [5.74, 6) is 0.930. The number of carbonyl (C=O) groups excluding carboxylic acids is 1. The summed E-state index contributed by atoms with van der Waals surface area (Å²) in [5.41, 5.74) is 1.65. The van der Waals surface area contributed by atoms with E-state index in [4.69, 9.17) is 4.74 Å². The van der Waals surface area contributed by atoms with E-state index in [9.17, 15) is 14.9 Å². The van der Waals surface area contributed by atoms with Crippen LogP contribution in [0.5, 0.6) is 5.75 Å². The van der Waals surface area contributed by atoms with Gasteiger partial charge in [-0.25, -0.2) is 0 Å². The van der Waals surface area contributed by atoms with Crippen LogP contribution in [0.25, 0.3) is 10.9 Å². The lowest BCUT2D eigenvalue weighted by atomic mass is 10.1. The lowest BCUT2D eigenvalue weighted by Crippen LogP contribution is -2.15. The maximum atomic E-state index is 12.5. The molecule has 2 atom stereocenters. The fourth-order valence-electron chi connectivity index (χ4n) is 3.15. The number of hydrogen-bond acceptors (Lipinski definition) is 5. The Hall–Kier alpha value is -3.42. The van der Waals surface area contributed by atoms with Gasteiger partial charge in [-0.3, -0.25) is 20.0 Å². The highest BCUT2D eigenvalue weighted by molar-refractivity contribution is 6.02. The van der Waals surface area contributed by atoms with Crippen LogP contribution in [0.15, 0.2) is 42.5 Å². The second-order valence-corrected chi connectivity index (χ2v) is 6.27. The van der Waals surface area contributed by atoms with Gasteiger partial charge in [0, 0.05) is 18.1 Å². The van der Waals surface area contributed by atoms with Gasteiger partial charge in [-0.15, -0.1) is 0 Å². The molecular formula is C18H16N4O4. The van der Waals surface area contributed by atoms with Crippen LogP contribution in [0.2, 0.25) is 0 Å². The van der Waals surface area contributed by atoms with E-state index in [1.165, 1.54) is 12.1 Å². The minimum absolute atomic E-state index is 0.0462. The summed E-state index contributed by atoms with van der Waals surface area (Å²) < 4.78 is 5.22. The van der Waals surface area contributed by atoms with Crippen molar-refractivity contribution in [2.45, 2.75) is 12.3 Å². The molecule has 1 aliphatic carbocycles. The van der Waals surface area contributed by atoms with Crippen molar-refractivity contribution in [3.8, 4) is 5.75 Å². The molecule has 0 spiro atoms. The first kappa shape index (κ1) is 16.1. The number of amides is 1. The molecule has 2 aromatic carbocycles. The van der Waals surface area contributed by atoms with Gasteiger partial charge in [0.05, 0.1) is 22.9 Å². The molecule has 8 heteroatoms. The van der Waals surface area contributed by atoms with Crippen LogP contribution in [0.1, 0.15) is 17.9 Å². The van der Waals surface area contributed by atoms with E-state index >= 15 is 0 Å². The molecule has 0 unspecified atom stereocenters. The molecule has 132 valence electrons. The molecule has 3 aromatic rings. The van der Waals surface area contributed by atoms with Crippen LogP contribution in [-0.2, 0) is 4.79 Å². The molecule has 1 aromatic heterocycles. The van der Waals surface area contributed by atoms with Crippen LogP contribution in [0, 0.1) is 16.0 Å². The smallest absolute Gasteiger partial charge is 0.270 e. The number of benzene rings is 2. The highest BCUT2D eigenvalue weighted by atomic mass is 16.6. The Morgan fingerprint density at radius 1 is 1.35 bits per heavy atom. The van der Waals surface area contributed by atoms with Gasteiger partial charge in [-0.2, -0.15) is 5.10 Å². The lowest BCUT2D eigenvalue weighted by molar-refractivity contribution is -0.384. The summed E-state index contributed by atoms with van der Waals surface area (Å²) in [4.78, 5) is 23.0. The van der Waals surface area contributed by atoms with Gasteiger partial charge in [-0.1, -0.05) is 12.1 Å². The number of nitro groups is 1. The topological polar surface area (TPSA) is 110 Å². The molecule has 0 radical (unpaired) electrons. The summed E-state index contributed by atoms with van der Waals surface area (Å²) in [6, 6.07) is 12.1. The summed E-state index contributed by atoms with van der Waals surface area (Å²) in [5, 5.41) is 21.1. The Bertz CT molecular complexity index is 1010. The third-order valence-electron chi connectivity index (χ3n) is 4.65. The number of nitrogens with one attached hydrogen (secondary N) is 2. The van der Waals surface area contributed by atoms with Gasteiger partial charge in [-0.05, 0) is 36.1 Å². The second kappa shape index (κ2) is 6.14. The number of hydrogen-bond donors (Lipinski definition) is 2. The van der Waals surface area contributed by atoms with Crippen LogP contribution in [-0.4, -0.2) is 28.1 Å². The van der Waals surface area contributed by atoms with Crippen molar-refractivity contribution >= 4 is 28.3 Å². The average Bonchev–Trinajstić information content (AvgIpc) is 3.37. The molecule has 0 aliphatic heterocycles. The van der Waals surface area contributed by atoms with E-state index in [0.717, 1.165) is 17.7 Å². The Kier molecular flexibility index (Phi) is 3.80. The van der Waals surface area contributed by atoms with Crippen molar-refractivity contribution in [2.24, 2.45) is 5.92 Å². The van der Waals surface area contributed by atoms with Crippen molar-refractivity contribution in [1.82, 2.24) is 10.2 Å². The van der Waals surface area contributed by atoms with Crippen molar-refractivity contribution in [1.29, 1.82) is 0 Å². The van der Waals surface area contributed by atoms with Gasteiger partial charge in [0.2, 0.25) is 5.91 Å². The zero-order valence-electron chi connectivity index (χ0n) is 13.9. The number of aromatic amines is 1. The molecule has 8 nitrogen and oxygen atoms in total. The molecule has 0 bridgehead atoms. The summed E-state index contributed by atoms with van der Waals surface area (Å²) in [6.45, 7) is 0. The molecule has 0 saturated heterocycles. The van der Waals surface area contributed by atoms with Gasteiger partial charge in [0.1, 0.15) is 5.75 Å². The van der Waals surface area contributed by atoms with E-state index in [2.05, 4.69) is 15.5 Å². The van der Waals surface area contributed by atoms with Gasteiger partial charge in [0.25, 0.3) is 5.69 Å².